The summed E-state index contributed by atoms with van der Waals surface area (Å²) >= 11 is 0. The van der Waals surface area contributed by atoms with Crippen LogP contribution in [0.25, 0.3) is 10.9 Å². The highest BCUT2D eigenvalue weighted by Crippen LogP contribution is 2.35. The molecule has 3 aromatic carbocycles. The third-order valence-electron chi connectivity index (χ3n) is 5.93. The molecule has 31 heavy (non-hydrogen) atoms. The maximum absolute atomic E-state index is 13.6. The highest BCUT2D eigenvalue weighted by molar-refractivity contribution is 5.88. The summed E-state index contributed by atoms with van der Waals surface area (Å²) in [6, 6.07) is 22.5. The molecule has 158 valence electrons. The topological polar surface area (TPSA) is 44.9 Å². The molecule has 0 fully saturated rings. The number of fused-ring (bicyclic) bond motifs is 1. The Morgan fingerprint density at radius 1 is 0.968 bits per heavy atom. The molecule has 0 aliphatic rings. The maximum Gasteiger partial charge on any atom is 0.221 e. The van der Waals surface area contributed by atoms with Gasteiger partial charge in [-0.3, -0.25) is 4.79 Å². The first kappa shape index (κ1) is 20.9. The van der Waals surface area contributed by atoms with E-state index < -0.39 is 0 Å². The van der Waals surface area contributed by atoms with E-state index in [1.807, 2.05) is 43.5 Å². The van der Waals surface area contributed by atoms with E-state index in [1.165, 1.54) is 17.7 Å². The second kappa shape index (κ2) is 9.17. The van der Waals surface area contributed by atoms with Crippen LogP contribution in [0.15, 0.2) is 79.0 Å². The van der Waals surface area contributed by atoms with Crippen molar-refractivity contribution in [1.82, 2.24) is 10.3 Å². The number of para-hydroxylation sites is 1. The summed E-state index contributed by atoms with van der Waals surface area (Å²) in [7, 11) is 0. The number of hydrogen-bond acceptors (Lipinski definition) is 1. The van der Waals surface area contributed by atoms with Gasteiger partial charge < -0.3 is 10.3 Å². The molecule has 1 heterocycles. The van der Waals surface area contributed by atoms with E-state index in [1.54, 1.807) is 12.1 Å². The van der Waals surface area contributed by atoms with E-state index >= 15 is 0 Å². The van der Waals surface area contributed by atoms with Crippen LogP contribution in [-0.2, 0) is 11.2 Å². The molecule has 4 rings (SSSR count). The van der Waals surface area contributed by atoms with Gasteiger partial charge in [-0.2, -0.15) is 0 Å². The average molecular weight is 415 g/mol. The fraction of sp³-hybridized carbons (Fsp3) is 0.222. The number of amides is 1. The third kappa shape index (κ3) is 4.53. The Kier molecular flexibility index (Phi) is 6.17. The first-order valence-corrected chi connectivity index (χ1v) is 10.8. The summed E-state index contributed by atoms with van der Waals surface area (Å²) in [5.74, 6) is -0.493. The van der Waals surface area contributed by atoms with Gasteiger partial charge in [0.25, 0.3) is 0 Å². The molecule has 2 N–H and O–H groups in total. The van der Waals surface area contributed by atoms with Crippen LogP contribution in [-0.4, -0.2) is 10.9 Å². The molecular formula is C27H27FN2O. The summed E-state index contributed by atoms with van der Waals surface area (Å²) in [6.45, 7) is 4.12. The summed E-state index contributed by atoms with van der Waals surface area (Å²) in [6.07, 6.45) is 3.20. The van der Waals surface area contributed by atoms with Crippen molar-refractivity contribution in [1.29, 1.82) is 0 Å². The number of aromatic amines is 1. The Morgan fingerprint density at radius 3 is 2.42 bits per heavy atom. The summed E-state index contributed by atoms with van der Waals surface area (Å²) < 4.78 is 13.6. The Bertz CT molecular complexity index is 1170. The van der Waals surface area contributed by atoms with Crippen LogP contribution in [0.3, 0.4) is 0 Å². The molecule has 0 saturated heterocycles. The minimum atomic E-state index is -0.281. The number of carbonyl (C=O) groups excluding carboxylic acids is 1. The maximum atomic E-state index is 13.6. The number of aryl methyl sites for hydroxylation is 1. The molecular weight excluding hydrogens is 387 g/mol. The van der Waals surface area contributed by atoms with Gasteiger partial charge in [0.2, 0.25) is 5.91 Å². The lowest BCUT2D eigenvalue weighted by Gasteiger charge is -2.20. The number of nitrogens with one attached hydrogen (secondary N) is 2. The number of rotatable bonds is 7. The van der Waals surface area contributed by atoms with Crippen molar-refractivity contribution < 1.29 is 9.18 Å². The Balaban J connectivity index is 1.66. The van der Waals surface area contributed by atoms with Gasteiger partial charge in [-0.1, -0.05) is 67.6 Å². The fourth-order valence-corrected chi connectivity index (χ4v) is 4.24. The number of halogens is 1. The van der Waals surface area contributed by atoms with E-state index in [0.717, 1.165) is 34.0 Å². The smallest absolute Gasteiger partial charge is 0.221 e. The minimum absolute atomic E-state index is 0.0355. The number of aromatic nitrogens is 1. The summed E-state index contributed by atoms with van der Waals surface area (Å²) in [5.41, 5.74) is 5.38. The molecule has 0 saturated carbocycles. The van der Waals surface area contributed by atoms with E-state index in [0.29, 0.717) is 0 Å². The Labute approximate surface area is 182 Å². The highest BCUT2D eigenvalue weighted by Gasteiger charge is 2.23. The molecule has 0 spiro atoms. The minimum Gasteiger partial charge on any atom is -0.361 e. The molecule has 4 aromatic rings. The first-order valence-electron chi connectivity index (χ1n) is 10.8. The van der Waals surface area contributed by atoms with E-state index in [-0.39, 0.29) is 30.1 Å². The number of hydrogen-bond donors (Lipinski definition) is 2. The Hall–Kier alpha value is -3.40. The number of benzene rings is 3. The molecule has 1 amide bonds. The van der Waals surface area contributed by atoms with Crippen LogP contribution >= 0.6 is 0 Å². The third-order valence-corrected chi connectivity index (χ3v) is 5.93. The quantitative estimate of drug-likeness (QED) is 0.368. The van der Waals surface area contributed by atoms with Gasteiger partial charge >= 0.3 is 0 Å². The van der Waals surface area contributed by atoms with Gasteiger partial charge in [0.05, 0.1) is 6.04 Å². The molecule has 2 atom stereocenters. The van der Waals surface area contributed by atoms with Crippen LogP contribution in [0, 0.1) is 5.82 Å². The van der Waals surface area contributed by atoms with Crippen molar-refractivity contribution in [2.24, 2.45) is 0 Å². The van der Waals surface area contributed by atoms with E-state index in [4.69, 9.17) is 0 Å². The molecule has 0 aliphatic carbocycles. The lowest BCUT2D eigenvalue weighted by atomic mass is 9.87. The average Bonchev–Trinajstić information content (AvgIpc) is 3.23. The molecule has 0 radical (unpaired) electrons. The van der Waals surface area contributed by atoms with Gasteiger partial charge in [0.1, 0.15) is 5.82 Å². The normalized spacial score (nSPS) is 13.1. The molecule has 0 bridgehead atoms. The lowest BCUT2D eigenvalue weighted by molar-refractivity contribution is -0.121. The van der Waals surface area contributed by atoms with Gasteiger partial charge in [-0.05, 0) is 47.7 Å². The monoisotopic (exact) mass is 414 g/mol. The summed E-state index contributed by atoms with van der Waals surface area (Å²) in [5, 5.41) is 4.23. The number of H-pyrrole nitrogens is 1. The van der Waals surface area contributed by atoms with Crippen LogP contribution < -0.4 is 5.32 Å². The van der Waals surface area contributed by atoms with Crippen LogP contribution in [0.2, 0.25) is 0 Å². The van der Waals surface area contributed by atoms with E-state index in [9.17, 15) is 9.18 Å². The van der Waals surface area contributed by atoms with Gasteiger partial charge in [0, 0.05) is 29.4 Å². The van der Waals surface area contributed by atoms with Crippen molar-refractivity contribution >= 4 is 16.8 Å². The lowest BCUT2D eigenvalue weighted by Crippen LogP contribution is -2.28. The number of carbonyl (C=O) groups is 1. The van der Waals surface area contributed by atoms with Crippen molar-refractivity contribution in [3.05, 3.63) is 107 Å². The van der Waals surface area contributed by atoms with Crippen molar-refractivity contribution in [2.75, 3.05) is 0 Å². The molecule has 3 nitrogen and oxygen atoms in total. The first-order chi connectivity index (χ1) is 15.1. The van der Waals surface area contributed by atoms with Gasteiger partial charge in [-0.15, -0.1) is 0 Å². The van der Waals surface area contributed by atoms with Crippen LogP contribution in [0.1, 0.15) is 54.5 Å². The zero-order valence-electron chi connectivity index (χ0n) is 17.9. The second-order valence-electron chi connectivity index (χ2n) is 7.95. The predicted octanol–water partition coefficient (Wildman–Crippen LogP) is 6.27. The highest BCUT2D eigenvalue weighted by atomic mass is 19.1. The fourth-order valence-electron chi connectivity index (χ4n) is 4.24. The molecule has 0 aliphatic heterocycles. The molecule has 4 heteroatoms. The Morgan fingerprint density at radius 2 is 1.71 bits per heavy atom. The zero-order chi connectivity index (χ0) is 21.8. The van der Waals surface area contributed by atoms with E-state index in [2.05, 4.69) is 35.4 Å². The van der Waals surface area contributed by atoms with Crippen molar-refractivity contribution in [3.8, 4) is 0 Å². The van der Waals surface area contributed by atoms with Crippen molar-refractivity contribution in [2.45, 2.75) is 38.6 Å². The van der Waals surface area contributed by atoms with Gasteiger partial charge in [0.15, 0.2) is 0 Å². The molecule has 2 unspecified atom stereocenters. The van der Waals surface area contributed by atoms with Crippen molar-refractivity contribution in [3.63, 3.8) is 0 Å². The molecule has 1 aromatic heterocycles. The predicted molar refractivity (Wildman–Crippen MR) is 124 cm³/mol. The standard InChI is InChI=1S/C27H27FN2O/c1-3-19-10-7-11-23-25(17-29-27(19)23)24(21-12-14-22(28)15-13-21)16-26(31)30-18(2)20-8-5-4-6-9-20/h4-15,17-18,24,29H,3,16H2,1-2H3,(H,30,31). The zero-order valence-corrected chi connectivity index (χ0v) is 17.9. The van der Waals surface area contributed by atoms with Crippen LogP contribution in [0.5, 0.6) is 0 Å². The largest absolute Gasteiger partial charge is 0.361 e. The summed E-state index contributed by atoms with van der Waals surface area (Å²) in [4.78, 5) is 16.4. The van der Waals surface area contributed by atoms with Crippen LogP contribution in [0.4, 0.5) is 4.39 Å². The SMILES string of the molecule is CCc1cccc2c(C(CC(=O)NC(C)c3ccccc3)c3ccc(F)cc3)c[nH]c12. The second-order valence-corrected chi connectivity index (χ2v) is 7.95. The van der Waals surface area contributed by atoms with Gasteiger partial charge in [-0.25, -0.2) is 4.39 Å².